The summed E-state index contributed by atoms with van der Waals surface area (Å²) in [6.07, 6.45) is 0. The van der Waals surface area contributed by atoms with Crippen LogP contribution in [0, 0.1) is 5.92 Å². The lowest BCUT2D eigenvalue weighted by Gasteiger charge is -1.97. The predicted octanol–water partition coefficient (Wildman–Crippen LogP) is 0.410. The van der Waals surface area contributed by atoms with Gasteiger partial charge in [0.15, 0.2) is 0 Å². The summed E-state index contributed by atoms with van der Waals surface area (Å²) in [6, 6.07) is 0.0394. The predicted molar refractivity (Wildman–Crippen MR) is 37.8 cm³/mol. The Morgan fingerprint density at radius 1 is 1.60 bits per heavy atom. The molecule has 1 aliphatic heterocycles. The number of carboxylic acid groups (broad SMARTS) is 1. The van der Waals surface area contributed by atoms with Gasteiger partial charge >= 0.3 is 5.97 Å². The van der Waals surface area contributed by atoms with E-state index in [1.165, 1.54) is 0 Å². The van der Waals surface area contributed by atoms with E-state index in [1.54, 1.807) is 0 Å². The molecule has 0 amide bonds. The molecule has 1 rings (SSSR count). The Hall–Kier alpha value is -0.570. The first-order valence-corrected chi connectivity index (χ1v) is 3.50. The number of hydrogen-bond donors (Lipinski definition) is 1. The summed E-state index contributed by atoms with van der Waals surface area (Å²) in [6.45, 7) is 4.09. The monoisotopic (exact) mass is 143 g/mol. The van der Waals surface area contributed by atoms with Gasteiger partial charge in [-0.15, -0.1) is 0 Å². The summed E-state index contributed by atoms with van der Waals surface area (Å²) in [5.41, 5.74) is 0. The molecule has 3 heteroatoms. The van der Waals surface area contributed by atoms with Crippen LogP contribution in [0.15, 0.2) is 0 Å². The Bertz CT molecular complexity index is 156. The van der Waals surface area contributed by atoms with Crippen molar-refractivity contribution in [2.24, 2.45) is 5.92 Å². The van der Waals surface area contributed by atoms with E-state index in [2.05, 4.69) is 0 Å². The SMILES string of the molecule is CC(C)[C@H]1[C@@H](C(=O)O)N1C. The molecule has 0 radical (unpaired) electrons. The van der Waals surface area contributed by atoms with E-state index >= 15 is 0 Å². The molecule has 0 aromatic rings. The first-order chi connectivity index (χ1) is 4.55. The van der Waals surface area contributed by atoms with Gasteiger partial charge in [-0.1, -0.05) is 13.8 Å². The average Bonchev–Trinajstić information content (AvgIpc) is 2.40. The Labute approximate surface area is 60.6 Å². The van der Waals surface area contributed by atoms with Gasteiger partial charge in [-0.2, -0.15) is 0 Å². The Morgan fingerprint density at radius 2 is 2.10 bits per heavy atom. The third-order valence-electron chi connectivity index (χ3n) is 2.08. The summed E-state index contributed by atoms with van der Waals surface area (Å²) < 4.78 is 0. The molecule has 0 bridgehead atoms. The summed E-state index contributed by atoms with van der Waals surface area (Å²) >= 11 is 0. The van der Waals surface area contributed by atoms with Crippen LogP contribution in [0.3, 0.4) is 0 Å². The number of carboxylic acids is 1. The lowest BCUT2D eigenvalue weighted by molar-refractivity contribution is -0.137. The highest BCUT2D eigenvalue weighted by molar-refractivity contribution is 5.78. The van der Waals surface area contributed by atoms with Crippen molar-refractivity contribution in [1.82, 2.24) is 4.90 Å². The molecule has 0 spiro atoms. The van der Waals surface area contributed by atoms with E-state index in [9.17, 15) is 4.79 Å². The number of carbonyl (C=O) groups is 1. The molecule has 0 aromatic heterocycles. The standard InChI is InChI=1S/C7H13NO2/c1-4(2)5-6(7(9)10)8(5)3/h4-6H,1-3H3,(H,9,10)/t5-,6-,8?/m0/s1. The molecule has 3 nitrogen and oxygen atoms in total. The van der Waals surface area contributed by atoms with Crippen LogP contribution in [0.2, 0.25) is 0 Å². The number of rotatable bonds is 2. The third-order valence-corrected chi connectivity index (χ3v) is 2.08. The van der Waals surface area contributed by atoms with Gasteiger partial charge in [-0.3, -0.25) is 9.69 Å². The van der Waals surface area contributed by atoms with Gasteiger partial charge in [0.05, 0.1) is 0 Å². The average molecular weight is 143 g/mol. The zero-order valence-electron chi connectivity index (χ0n) is 6.53. The minimum atomic E-state index is -0.693. The van der Waals surface area contributed by atoms with Crippen molar-refractivity contribution < 1.29 is 9.90 Å². The van der Waals surface area contributed by atoms with Crippen molar-refractivity contribution in [3.8, 4) is 0 Å². The van der Waals surface area contributed by atoms with Crippen LogP contribution in [0.4, 0.5) is 0 Å². The Balaban J connectivity index is 2.49. The van der Waals surface area contributed by atoms with Crippen molar-refractivity contribution in [2.45, 2.75) is 25.9 Å². The second-order valence-electron chi connectivity index (χ2n) is 3.18. The van der Waals surface area contributed by atoms with Gasteiger partial charge < -0.3 is 5.11 Å². The van der Waals surface area contributed by atoms with Gasteiger partial charge in [-0.05, 0) is 13.0 Å². The lowest BCUT2D eigenvalue weighted by Crippen LogP contribution is -2.11. The van der Waals surface area contributed by atoms with E-state index in [0.717, 1.165) is 0 Å². The van der Waals surface area contributed by atoms with Gasteiger partial charge in [0.2, 0.25) is 0 Å². The van der Waals surface area contributed by atoms with Crippen LogP contribution in [0.25, 0.3) is 0 Å². The van der Waals surface area contributed by atoms with Gasteiger partial charge in [0.25, 0.3) is 0 Å². The van der Waals surface area contributed by atoms with Crippen LogP contribution in [-0.2, 0) is 4.79 Å². The van der Waals surface area contributed by atoms with E-state index in [4.69, 9.17) is 5.11 Å². The Kier molecular flexibility index (Phi) is 1.68. The van der Waals surface area contributed by atoms with E-state index in [0.29, 0.717) is 5.92 Å². The molecule has 1 heterocycles. The second-order valence-corrected chi connectivity index (χ2v) is 3.18. The largest absolute Gasteiger partial charge is 0.480 e. The van der Waals surface area contributed by atoms with Crippen molar-refractivity contribution in [3.63, 3.8) is 0 Å². The number of hydrogen-bond acceptors (Lipinski definition) is 2. The maximum absolute atomic E-state index is 10.4. The molecular weight excluding hydrogens is 130 g/mol. The molecule has 1 N–H and O–H groups in total. The second kappa shape index (κ2) is 2.23. The molecule has 0 aliphatic carbocycles. The molecule has 1 fully saturated rings. The van der Waals surface area contributed by atoms with Crippen molar-refractivity contribution in [1.29, 1.82) is 0 Å². The van der Waals surface area contributed by atoms with Crippen molar-refractivity contribution in [2.75, 3.05) is 7.05 Å². The third kappa shape index (κ3) is 1.01. The summed E-state index contributed by atoms with van der Waals surface area (Å²) in [7, 11) is 1.85. The molecule has 58 valence electrons. The van der Waals surface area contributed by atoms with E-state index < -0.39 is 5.97 Å². The number of likely N-dealkylation sites (N-methyl/N-ethyl adjacent to an activating group) is 1. The summed E-state index contributed by atoms with van der Waals surface area (Å²) in [4.78, 5) is 12.3. The molecule has 0 saturated carbocycles. The summed E-state index contributed by atoms with van der Waals surface area (Å²) in [5, 5.41) is 8.60. The van der Waals surface area contributed by atoms with Gasteiger partial charge in [0, 0.05) is 6.04 Å². The molecular formula is C7H13NO2. The fraction of sp³-hybridized carbons (Fsp3) is 0.857. The topological polar surface area (TPSA) is 40.3 Å². The molecule has 1 aliphatic rings. The van der Waals surface area contributed by atoms with E-state index in [1.807, 2.05) is 25.8 Å². The zero-order valence-corrected chi connectivity index (χ0v) is 6.53. The fourth-order valence-corrected chi connectivity index (χ4v) is 1.52. The van der Waals surface area contributed by atoms with Gasteiger partial charge in [0.1, 0.15) is 6.04 Å². The van der Waals surface area contributed by atoms with Crippen LogP contribution in [0.5, 0.6) is 0 Å². The molecule has 10 heavy (non-hydrogen) atoms. The lowest BCUT2D eigenvalue weighted by atomic mass is 10.1. The first kappa shape index (κ1) is 7.54. The highest BCUT2D eigenvalue weighted by Gasteiger charge is 2.51. The normalized spacial score (nSPS) is 38.2. The van der Waals surface area contributed by atoms with Crippen LogP contribution < -0.4 is 0 Å². The maximum Gasteiger partial charge on any atom is 0.322 e. The minimum absolute atomic E-state index is 0.222. The van der Waals surface area contributed by atoms with Crippen LogP contribution >= 0.6 is 0 Å². The fourth-order valence-electron chi connectivity index (χ4n) is 1.52. The Morgan fingerprint density at radius 3 is 2.20 bits per heavy atom. The number of aliphatic carboxylic acids is 1. The highest BCUT2D eigenvalue weighted by atomic mass is 16.4. The maximum atomic E-state index is 10.4. The van der Waals surface area contributed by atoms with Crippen LogP contribution in [-0.4, -0.2) is 35.1 Å². The molecule has 1 saturated heterocycles. The quantitative estimate of drug-likeness (QED) is 0.569. The molecule has 3 atom stereocenters. The van der Waals surface area contributed by atoms with E-state index in [-0.39, 0.29) is 12.1 Å². The summed E-state index contributed by atoms with van der Waals surface area (Å²) in [5.74, 6) is -0.243. The highest BCUT2D eigenvalue weighted by Crippen LogP contribution is 2.31. The number of nitrogens with zero attached hydrogens (tertiary/aromatic N) is 1. The van der Waals surface area contributed by atoms with Crippen LogP contribution in [0.1, 0.15) is 13.8 Å². The zero-order chi connectivity index (χ0) is 7.89. The van der Waals surface area contributed by atoms with Crippen molar-refractivity contribution in [3.05, 3.63) is 0 Å². The van der Waals surface area contributed by atoms with Crippen molar-refractivity contribution >= 4 is 5.97 Å². The molecule has 1 unspecified atom stereocenters. The smallest absolute Gasteiger partial charge is 0.322 e. The molecule has 0 aromatic carbocycles. The minimum Gasteiger partial charge on any atom is -0.480 e. The van der Waals surface area contributed by atoms with Gasteiger partial charge in [-0.25, -0.2) is 0 Å². The first-order valence-electron chi connectivity index (χ1n) is 3.50.